The molecule has 0 amide bonds. The zero-order valence-corrected chi connectivity index (χ0v) is 13.2. The van der Waals surface area contributed by atoms with E-state index in [2.05, 4.69) is 9.98 Å². The standard InChI is InChI=1S/C15H19BFN5O2/c17-9-6-11-10(8-24-16(11)23)12(7-9)22-14(19)20-13(18)21-15(22)4-2-1-3-5-15/h6-7,23H,1-5,8H2,(H4,18,19,20,21). The zero-order chi connectivity index (χ0) is 16.9. The van der Waals surface area contributed by atoms with Crippen LogP contribution in [0.3, 0.4) is 0 Å². The first-order valence-corrected chi connectivity index (χ1v) is 8.12. The summed E-state index contributed by atoms with van der Waals surface area (Å²) in [6, 6.07) is 2.69. The smallest absolute Gasteiger partial charge is 0.423 e. The number of benzene rings is 1. The monoisotopic (exact) mass is 331 g/mol. The normalized spacial score (nSPS) is 22.4. The second-order valence-electron chi connectivity index (χ2n) is 6.47. The van der Waals surface area contributed by atoms with E-state index in [0.29, 0.717) is 16.7 Å². The lowest BCUT2D eigenvalue weighted by atomic mass is 9.78. The maximum Gasteiger partial charge on any atom is 0.491 e. The molecule has 0 radical (unpaired) electrons. The molecule has 2 aliphatic heterocycles. The van der Waals surface area contributed by atoms with Crippen LogP contribution < -0.4 is 21.8 Å². The molecule has 0 unspecified atom stereocenters. The Bertz CT molecular complexity index is 748. The SMILES string of the molecule is NC1=NC2(CCCCC2)N(c2cc(F)cc3c2COB3O)C(N)=N1. The van der Waals surface area contributed by atoms with Gasteiger partial charge in [-0.1, -0.05) is 6.42 Å². The maximum atomic E-state index is 14.2. The van der Waals surface area contributed by atoms with E-state index in [1.54, 1.807) is 4.90 Å². The fourth-order valence-corrected chi connectivity index (χ4v) is 3.94. The average molecular weight is 331 g/mol. The molecule has 5 N–H and O–H groups in total. The van der Waals surface area contributed by atoms with Crippen molar-refractivity contribution in [2.75, 3.05) is 4.90 Å². The number of hydrogen-bond donors (Lipinski definition) is 3. The van der Waals surface area contributed by atoms with Crippen LogP contribution in [0.5, 0.6) is 0 Å². The van der Waals surface area contributed by atoms with Crippen LogP contribution in [0.4, 0.5) is 10.1 Å². The summed E-state index contributed by atoms with van der Waals surface area (Å²) in [6.07, 6.45) is 4.61. The van der Waals surface area contributed by atoms with Crippen molar-refractivity contribution in [3.63, 3.8) is 0 Å². The van der Waals surface area contributed by atoms with Crippen molar-refractivity contribution in [3.05, 3.63) is 23.5 Å². The number of hydrogen-bond acceptors (Lipinski definition) is 7. The number of rotatable bonds is 1. The Hall–Kier alpha value is -2.13. The Morgan fingerprint density at radius 2 is 2.00 bits per heavy atom. The minimum Gasteiger partial charge on any atom is -0.423 e. The fraction of sp³-hybridized carbons (Fsp3) is 0.467. The lowest BCUT2D eigenvalue weighted by Crippen LogP contribution is -2.58. The summed E-state index contributed by atoms with van der Waals surface area (Å²) >= 11 is 0. The van der Waals surface area contributed by atoms with Crippen LogP contribution in [0, 0.1) is 5.82 Å². The van der Waals surface area contributed by atoms with E-state index >= 15 is 0 Å². The van der Waals surface area contributed by atoms with Crippen LogP contribution in [-0.2, 0) is 11.3 Å². The quantitative estimate of drug-likeness (QED) is 0.635. The predicted molar refractivity (Wildman–Crippen MR) is 90.3 cm³/mol. The highest BCUT2D eigenvalue weighted by atomic mass is 19.1. The number of guanidine groups is 2. The van der Waals surface area contributed by atoms with Gasteiger partial charge in [-0.2, -0.15) is 4.99 Å². The summed E-state index contributed by atoms with van der Waals surface area (Å²) in [4.78, 5) is 10.4. The molecule has 24 heavy (non-hydrogen) atoms. The highest BCUT2D eigenvalue weighted by Gasteiger charge is 2.44. The molecule has 0 bridgehead atoms. The van der Waals surface area contributed by atoms with Crippen molar-refractivity contribution in [1.29, 1.82) is 0 Å². The summed E-state index contributed by atoms with van der Waals surface area (Å²) in [5, 5.41) is 9.92. The van der Waals surface area contributed by atoms with Gasteiger partial charge in [0.25, 0.3) is 0 Å². The van der Waals surface area contributed by atoms with E-state index in [1.165, 1.54) is 12.1 Å². The van der Waals surface area contributed by atoms with Crippen molar-refractivity contribution in [1.82, 2.24) is 0 Å². The van der Waals surface area contributed by atoms with Crippen molar-refractivity contribution >= 4 is 30.2 Å². The molecule has 1 spiro atoms. The summed E-state index contributed by atoms with van der Waals surface area (Å²) in [7, 11) is -1.13. The Kier molecular flexibility index (Phi) is 3.50. The van der Waals surface area contributed by atoms with Gasteiger partial charge in [0.2, 0.25) is 11.9 Å². The molecule has 2 heterocycles. The minimum absolute atomic E-state index is 0.148. The first-order valence-electron chi connectivity index (χ1n) is 8.12. The van der Waals surface area contributed by atoms with Crippen molar-refractivity contribution in [2.24, 2.45) is 21.5 Å². The third-order valence-electron chi connectivity index (χ3n) is 4.97. The number of nitrogens with two attached hydrogens (primary N) is 2. The molecule has 4 rings (SSSR count). The van der Waals surface area contributed by atoms with E-state index in [0.717, 1.165) is 32.1 Å². The number of aliphatic imine (C=N–C) groups is 2. The van der Waals surface area contributed by atoms with Crippen molar-refractivity contribution in [3.8, 4) is 0 Å². The van der Waals surface area contributed by atoms with E-state index in [1.807, 2.05) is 0 Å². The molecule has 1 saturated carbocycles. The lowest BCUT2D eigenvalue weighted by Gasteiger charge is -2.46. The third kappa shape index (κ3) is 2.27. The van der Waals surface area contributed by atoms with Crippen LogP contribution >= 0.6 is 0 Å². The number of anilines is 1. The molecule has 1 aliphatic carbocycles. The molecule has 126 valence electrons. The van der Waals surface area contributed by atoms with Crippen molar-refractivity contribution in [2.45, 2.75) is 44.4 Å². The van der Waals surface area contributed by atoms with E-state index in [9.17, 15) is 9.41 Å². The predicted octanol–water partition coefficient (Wildman–Crippen LogP) is 0.153. The Morgan fingerprint density at radius 1 is 1.25 bits per heavy atom. The zero-order valence-electron chi connectivity index (χ0n) is 13.2. The molecule has 3 aliphatic rings. The van der Waals surface area contributed by atoms with Gasteiger partial charge in [-0.3, -0.25) is 4.90 Å². The first kappa shape index (κ1) is 15.4. The van der Waals surface area contributed by atoms with Crippen LogP contribution in [-0.4, -0.2) is 29.7 Å². The summed E-state index contributed by atoms with van der Waals surface area (Å²) < 4.78 is 19.4. The largest absolute Gasteiger partial charge is 0.491 e. The second kappa shape index (κ2) is 5.46. The van der Waals surface area contributed by atoms with Crippen LogP contribution in [0.1, 0.15) is 37.7 Å². The maximum absolute atomic E-state index is 14.2. The van der Waals surface area contributed by atoms with Gasteiger partial charge in [0.05, 0.1) is 12.3 Å². The molecule has 1 aromatic carbocycles. The Balaban J connectivity index is 1.88. The van der Waals surface area contributed by atoms with Gasteiger partial charge >= 0.3 is 7.12 Å². The topological polar surface area (TPSA) is 109 Å². The van der Waals surface area contributed by atoms with Crippen LogP contribution in [0.15, 0.2) is 22.1 Å². The second-order valence-corrected chi connectivity index (χ2v) is 6.47. The molecule has 7 nitrogen and oxygen atoms in total. The molecular weight excluding hydrogens is 312 g/mol. The van der Waals surface area contributed by atoms with Gasteiger partial charge in [0, 0.05) is 0 Å². The van der Waals surface area contributed by atoms with Crippen LogP contribution in [0.2, 0.25) is 0 Å². The molecule has 1 fully saturated rings. The number of nitrogens with zero attached hydrogens (tertiary/aromatic N) is 3. The molecule has 9 heteroatoms. The Morgan fingerprint density at radius 3 is 2.75 bits per heavy atom. The molecule has 0 atom stereocenters. The number of fused-ring (bicyclic) bond motifs is 1. The summed E-state index contributed by atoms with van der Waals surface area (Å²) in [6.45, 7) is 0.186. The van der Waals surface area contributed by atoms with Gasteiger partial charge in [0.15, 0.2) is 0 Å². The Labute approximate surface area is 139 Å². The van der Waals surface area contributed by atoms with Crippen LogP contribution in [0.25, 0.3) is 0 Å². The molecular formula is C15H19BFN5O2. The van der Waals surface area contributed by atoms with Gasteiger partial charge in [-0.05, 0) is 48.8 Å². The first-order chi connectivity index (χ1) is 11.5. The van der Waals surface area contributed by atoms with Gasteiger partial charge in [0.1, 0.15) is 11.5 Å². The van der Waals surface area contributed by atoms with E-state index in [-0.39, 0.29) is 18.5 Å². The highest BCUT2D eigenvalue weighted by Crippen LogP contribution is 2.41. The van der Waals surface area contributed by atoms with E-state index in [4.69, 9.17) is 16.1 Å². The number of halogens is 1. The van der Waals surface area contributed by atoms with E-state index < -0.39 is 18.6 Å². The summed E-state index contributed by atoms with van der Waals surface area (Å²) in [5.74, 6) is -0.122. The lowest BCUT2D eigenvalue weighted by molar-refractivity contribution is 0.274. The molecule has 1 aromatic rings. The van der Waals surface area contributed by atoms with Crippen molar-refractivity contribution < 1.29 is 14.1 Å². The van der Waals surface area contributed by atoms with Gasteiger partial charge in [-0.25, -0.2) is 9.38 Å². The van der Waals surface area contributed by atoms with Gasteiger partial charge < -0.3 is 21.1 Å². The average Bonchev–Trinajstić information content (AvgIpc) is 2.88. The summed E-state index contributed by atoms with van der Waals surface area (Å²) in [5.41, 5.74) is 13.1. The minimum atomic E-state index is -1.13. The van der Waals surface area contributed by atoms with Gasteiger partial charge in [-0.15, -0.1) is 0 Å². The highest BCUT2D eigenvalue weighted by molar-refractivity contribution is 6.61. The molecule has 0 saturated heterocycles. The fourth-order valence-electron chi connectivity index (χ4n) is 3.94. The molecule has 0 aromatic heterocycles. The third-order valence-corrected chi connectivity index (χ3v) is 4.97.